The Hall–Kier alpha value is -1.50. The van der Waals surface area contributed by atoms with Crippen LogP contribution in [0.1, 0.15) is 19.8 Å². The Balaban J connectivity index is 0.00000192. The van der Waals surface area contributed by atoms with Crippen LogP contribution in [0, 0.1) is 5.92 Å². The first kappa shape index (κ1) is 17.8. The van der Waals surface area contributed by atoms with Gasteiger partial charge in [-0.15, -0.1) is 12.4 Å². The number of rotatable bonds is 4. The Morgan fingerprint density at radius 2 is 2.22 bits per heavy atom. The highest BCUT2D eigenvalue weighted by atomic mass is 35.5. The first-order valence-corrected chi connectivity index (χ1v) is 7.79. The van der Waals surface area contributed by atoms with Crippen LogP contribution < -0.4 is 20.5 Å². The first-order chi connectivity index (χ1) is 10.6. The van der Waals surface area contributed by atoms with Gasteiger partial charge in [0.1, 0.15) is 0 Å². The number of piperidine rings is 1. The predicted molar refractivity (Wildman–Crippen MR) is 91.3 cm³/mol. The van der Waals surface area contributed by atoms with Crippen LogP contribution in [0.3, 0.4) is 0 Å². The molecule has 1 aromatic carbocycles. The number of hydrogen-bond acceptors (Lipinski definition) is 5. The number of carbonyl (C=O) groups is 1. The summed E-state index contributed by atoms with van der Waals surface area (Å²) >= 11 is 0. The fourth-order valence-corrected chi connectivity index (χ4v) is 3.04. The number of halogens is 1. The van der Waals surface area contributed by atoms with E-state index in [4.69, 9.17) is 15.2 Å². The van der Waals surface area contributed by atoms with Crippen molar-refractivity contribution >= 4 is 24.0 Å². The van der Waals surface area contributed by atoms with E-state index in [1.807, 2.05) is 19.1 Å². The highest BCUT2D eigenvalue weighted by molar-refractivity contribution is 5.92. The van der Waals surface area contributed by atoms with Gasteiger partial charge in [0, 0.05) is 24.3 Å². The van der Waals surface area contributed by atoms with Gasteiger partial charge in [0.05, 0.1) is 6.54 Å². The minimum Gasteiger partial charge on any atom is -0.454 e. The molecule has 6 nitrogen and oxygen atoms in total. The van der Waals surface area contributed by atoms with E-state index in [0.29, 0.717) is 24.0 Å². The lowest BCUT2D eigenvalue weighted by Crippen LogP contribution is -2.45. The van der Waals surface area contributed by atoms with E-state index in [1.54, 1.807) is 6.07 Å². The van der Waals surface area contributed by atoms with Crippen LogP contribution in [0.2, 0.25) is 0 Å². The number of likely N-dealkylation sites (tertiary alicyclic amines) is 1. The summed E-state index contributed by atoms with van der Waals surface area (Å²) in [6.45, 7) is 4.53. The van der Waals surface area contributed by atoms with Gasteiger partial charge >= 0.3 is 0 Å². The van der Waals surface area contributed by atoms with Gasteiger partial charge in [-0.25, -0.2) is 0 Å². The third-order valence-electron chi connectivity index (χ3n) is 4.31. The fourth-order valence-electron chi connectivity index (χ4n) is 3.04. The topological polar surface area (TPSA) is 76.8 Å². The third kappa shape index (κ3) is 4.50. The van der Waals surface area contributed by atoms with E-state index >= 15 is 0 Å². The van der Waals surface area contributed by atoms with Crippen molar-refractivity contribution in [2.45, 2.75) is 25.8 Å². The third-order valence-corrected chi connectivity index (χ3v) is 4.31. The molecule has 0 bridgehead atoms. The summed E-state index contributed by atoms with van der Waals surface area (Å²) in [7, 11) is 0. The van der Waals surface area contributed by atoms with Gasteiger partial charge in [-0.2, -0.15) is 0 Å². The largest absolute Gasteiger partial charge is 0.454 e. The molecule has 0 aromatic heterocycles. The van der Waals surface area contributed by atoms with E-state index in [2.05, 4.69) is 10.2 Å². The second-order valence-electron chi connectivity index (χ2n) is 6.11. The number of benzene rings is 1. The number of fused-ring (bicyclic) bond motifs is 1. The monoisotopic (exact) mass is 341 g/mol. The molecule has 23 heavy (non-hydrogen) atoms. The van der Waals surface area contributed by atoms with Crippen LogP contribution in [-0.2, 0) is 4.79 Å². The second-order valence-corrected chi connectivity index (χ2v) is 6.11. The van der Waals surface area contributed by atoms with Crippen molar-refractivity contribution in [1.29, 1.82) is 0 Å². The van der Waals surface area contributed by atoms with E-state index < -0.39 is 0 Å². The molecule has 2 atom stereocenters. The Labute approximate surface area is 142 Å². The smallest absolute Gasteiger partial charge is 0.238 e. The van der Waals surface area contributed by atoms with Gasteiger partial charge in [0.2, 0.25) is 12.7 Å². The van der Waals surface area contributed by atoms with Crippen LogP contribution in [0.4, 0.5) is 5.69 Å². The maximum absolute atomic E-state index is 12.2. The van der Waals surface area contributed by atoms with E-state index in [9.17, 15) is 4.79 Å². The van der Waals surface area contributed by atoms with Crippen LogP contribution in [-0.4, -0.2) is 43.3 Å². The number of hydrogen-bond donors (Lipinski definition) is 2. The Morgan fingerprint density at radius 1 is 1.43 bits per heavy atom. The fraction of sp³-hybridized carbons (Fsp3) is 0.562. The van der Waals surface area contributed by atoms with Crippen molar-refractivity contribution in [2.24, 2.45) is 11.7 Å². The van der Waals surface area contributed by atoms with Crippen molar-refractivity contribution in [2.75, 3.05) is 31.7 Å². The molecule has 2 heterocycles. The molecule has 2 aliphatic rings. The molecular weight excluding hydrogens is 318 g/mol. The Kier molecular flexibility index (Phi) is 6.10. The molecule has 0 spiro atoms. The average Bonchev–Trinajstić information content (AvgIpc) is 2.95. The number of carbonyl (C=O) groups excluding carboxylic acids is 1. The molecule has 3 N–H and O–H groups in total. The van der Waals surface area contributed by atoms with Gasteiger partial charge in [0.15, 0.2) is 11.5 Å². The number of nitrogens with two attached hydrogens (primary N) is 1. The minimum absolute atomic E-state index is 0. The number of ether oxygens (including phenoxy) is 2. The standard InChI is InChI=1S/C16H23N3O3.ClH/c1-11(17)12-3-2-6-19(8-12)9-16(20)18-13-4-5-14-15(7-13)22-10-21-14;/h4-5,7,11-12H,2-3,6,8-10,17H2,1H3,(H,18,20);1H. The first-order valence-electron chi connectivity index (χ1n) is 7.79. The van der Waals surface area contributed by atoms with Crippen molar-refractivity contribution < 1.29 is 14.3 Å². The quantitative estimate of drug-likeness (QED) is 0.873. The molecule has 2 unspecified atom stereocenters. The van der Waals surface area contributed by atoms with Crippen LogP contribution in [0.25, 0.3) is 0 Å². The highest BCUT2D eigenvalue weighted by Crippen LogP contribution is 2.34. The number of nitrogens with zero attached hydrogens (tertiary/aromatic N) is 1. The molecule has 1 amide bonds. The Bertz CT molecular complexity index is 553. The zero-order chi connectivity index (χ0) is 15.5. The van der Waals surface area contributed by atoms with Gasteiger partial charge in [-0.1, -0.05) is 0 Å². The molecule has 0 radical (unpaired) electrons. The summed E-state index contributed by atoms with van der Waals surface area (Å²) in [6.07, 6.45) is 2.25. The number of nitrogens with one attached hydrogen (secondary N) is 1. The zero-order valence-corrected chi connectivity index (χ0v) is 14.1. The van der Waals surface area contributed by atoms with Crippen molar-refractivity contribution in [3.05, 3.63) is 18.2 Å². The van der Waals surface area contributed by atoms with Crippen molar-refractivity contribution in [1.82, 2.24) is 4.90 Å². The van der Waals surface area contributed by atoms with Crippen LogP contribution in [0.15, 0.2) is 18.2 Å². The van der Waals surface area contributed by atoms with Gasteiger partial charge in [-0.3, -0.25) is 9.69 Å². The Morgan fingerprint density at radius 3 is 3.00 bits per heavy atom. The van der Waals surface area contributed by atoms with E-state index in [0.717, 1.165) is 31.6 Å². The molecule has 3 rings (SSSR count). The molecule has 128 valence electrons. The molecule has 7 heteroatoms. The lowest BCUT2D eigenvalue weighted by Gasteiger charge is -2.34. The summed E-state index contributed by atoms with van der Waals surface area (Å²) in [5.41, 5.74) is 6.71. The number of anilines is 1. The summed E-state index contributed by atoms with van der Waals surface area (Å²) in [6, 6.07) is 5.61. The van der Waals surface area contributed by atoms with Gasteiger partial charge in [0.25, 0.3) is 0 Å². The predicted octanol–water partition coefficient (Wildman–Crippen LogP) is 1.83. The number of amides is 1. The maximum Gasteiger partial charge on any atom is 0.238 e. The van der Waals surface area contributed by atoms with Crippen molar-refractivity contribution in [3.8, 4) is 11.5 Å². The molecule has 0 saturated carbocycles. The lowest BCUT2D eigenvalue weighted by atomic mass is 9.92. The summed E-state index contributed by atoms with van der Waals surface area (Å²) in [5, 5.41) is 2.92. The highest BCUT2D eigenvalue weighted by Gasteiger charge is 2.24. The zero-order valence-electron chi connectivity index (χ0n) is 13.3. The molecular formula is C16H24ClN3O3. The summed E-state index contributed by atoms with van der Waals surface area (Å²) in [5.74, 6) is 1.86. The lowest BCUT2D eigenvalue weighted by molar-refractivity contribution is -0.117. The summed E-state index contributed by atoms with van der Waals surface area (Å²) < 4.78 is 10.6. The molecule has 1 saturated heterocycles. The van der Waals surface area contributed by atoms with E-state index in [-0.39, 0.29) is 31.1 Å². The normalized spacial score (nSPS) is 21.4. The van der Waals surface area contributed by atoms with Gasteiger partial charge in [-0.05, 0) is 44.4 Å². The average molecular weight is 342 g/mol. The van der Waals surface area contributed by atoms with Gasteiger partial charge < -0.3 is 20.5 Å². The molecule has 1 aromatic rings. The minimum atomic E-state index is -0.0100. The molecule has 0 aliphatic carbocycles. The van der Waals surface area contributed by atoms with Crippen LogP contribution in [0.5, 0.6) is 11.5 Å². The second kappa shape index (κ2) is 7.86. The summed E-state index contributed by atoms with van der Waals surface area (Å²) in [4.78, 5) is 14.4. The maximum atomic E-state index is 12.2. The van der Waals surface area contributed by atoms with E-state index in [1.165, 1.54) is 0 Å². The molecule has 2 aliphatic heterocycles. The molecule has 1 fully saturated rings. The van der Waals surface area contributed by atoms with Crippen molar-refractivity contribution in [3.63, 3.8) is 0 Å². The SMILES string of the molecule is CC(N)C1CCCN(CC(=O)Nc2ccc3c(c2)OCO3)C1.Cl. The van der Waals surface area contributed by atoms with Crippen LogP contribution >= 0.6 is 12.4 Å².